The lowest BCUT2D eigenvalue weighted by atomic mass is 10.1. The van der Waals surface area contributed by atoms with Crippen LogP contribution in [-0.4, -0.2) is 31.8 Å². The number of ether oxygens (including phenoxy) is 1. The average molecular weight is 462 g/mol. The Morgan fingerprint density at radius 3 is 2.70 bits per heavy atom. The molecule has 0 aliphatic heterocycles. The summed E-state index contributed by atoms with van der Waals surface area (Å²) in [6.45, 7) is 5.42. The molecule has 0 saturated heterocycles. The van der Waals surface area contributed by atoms with Gasteiger partial charge in [0.2, 0.25) is 4.96 Å². The van der Waals surface area contributed by atoms with E-state index in [0.29, 0.717) is 21.5 Å². The van der Waals surface area contributed by atoms with Crippen molar-refractivity contribution < 1.29 is 9.53 Å². The van der Waals surface area contributed by atoms with E-state index < -0.39 is 6.10 Å². The summed E-state index contributed by atoms with van der Waals surface area (Å²) in [6.07, 6.45) is -0.761. The molecule has 0 spiro atoms. The number of rotatable bonds is 5. The minimum atomic E-state index is -0.761. The molecule has 7 nitrogen and oxygen atoms in total. The molecule has 1 atom stereocenters. The number of amides is 1. The number of aromatic nitrogens is 4. The van der Waals surface area contributed by atoms with Crippen molar-refractivity contribution in [3.05, 3.63) is 57.8 Å². The number of halogens is 2. The number of hydrogen-bond donors (Lipinski definition) is 1. The highest BCUT2D eigenvalue weighted by atomic mass is 35.5. The molecule has 2 aromatic carbocycles. The average Bonchev–Trinajstić information content (AvgIpc) is 3.28. The van der Waals surface area contributed by atoms with Crippen LogP contribution in [0.3, 0.4) is 0 Å². The predicted molar refractivity (Wildman–Crippen MR) is 119 cm³/mol. The van der Waals surface area contributed by atoms with Gasteiger partial charge in [-0.25, -0.2) is 0 Å². The summed E-state index contributed by atoms with van der Waals surface area (Å²) in [6, 6.07) is 10.6. The number of benzene rings is 2. The molecule has 0 fully saturated rings. The molecular weight excluding hydrogens is 445 g/mol. The Kier molecular flexibility index (Phi) is 5.64. The second kappa shape index (κ2) is 8.22. The van der Waals surface area contributed by atoms with Crippen LogP contribution in [0.4, 0.5) is 5.69 Å². The Morgan fingerprint density at radius 1 is 1.17 bits per heavy atom. The van der Waals surface area contributed by atoms with Gasteiger partial charge in [0.1, 0.15) is 10.8 Å². The fourth-order valence-electron chi connectivity index (χ4n) is 2.77. The van der Waals surface area contributed by atoms with Gasteiger partial charge in [-0.2, -0.15) is 9.61 Å². The first kappa shape index (κ1) is 20.6. The summed E-state index contributed by atoms with van der Waals surface area (Å²) in [5.41, 5.74) is 2.47. The maximum absolute atomic E-state index is 12.7. The van der Waals surface area contributed by atoms with Crippen molar-refractivity contribution in [1.29, 1.82) is 0 Å². The van der Waals surface area contributed by atoms with E-state index >= 15 is 0 Å². The van der Waals surface area contributed by atoms with E-state index in [0.717, 1.165) is 26.9 Å². The zero-order valence-corrected chi connectivity index (χ0v) is 18.6. The van der Waals surface area contributed by atoms with E-state index in [2.05, 4.69) is 20.6 Å². The third kappa shape index (κ3) is 4.12. The van der Waals surface area contributed by atoms with Crippen LogP contribution in [0.1, 0.15) is 18.3 Å². The summed E-state index contributed by atoms with van der Waals surface area (Å²) >= 11 is 13.5. The van der Waals surface area contributed by atoms with Crippen LogP contribution >= 0.6 is 34.5 Å². The molecule has 0 bridgehead atoms. The monoisotopic (exact) mass is 461 g/mol. The van der Waals surface area contributed by atoms with Crippen LogP contribution in [0.25, 0.3) is 15.5 Å². The van der Waals surface area contributed by atoms with E-state index in [1.54, 1.807) is 29.6 Å². The Morgan fingerprint density at radius 2 is 1.97 bits per heavy atom. The highest BCUT2D eigenvalue weighted by Crippen LogP contribution is 2.30. The van der Waals surface area contributed by atoms with Gasteiger partial charge in [0.15, 0.2) is 11.9 Å². The molecule has 0 aliphatic rings. The minimum absolute atomic E-state index is 0.296. The molecule has 2 aromatic heterocycles. The molecular formula is C20H17Cl2N5O2S. The molecule has 2 heterocycles. The van der Waals surface area contributed by atoms with Crippen molar-refractivity contribution in [1.82, 2.24) is 19.8 Å². The van der Waals surface area contributed by atoms with E-state index in [1.165, 1.54) is 11.3 Å². The highest BCUT2D eigenvalue weighted by Gasteiger charge is 2.18. The number of carbonyl (C=O) groups is 1. The molecule has 0 unspecified atom stereocenters. The molecule has 1 amide bonds. The number of aryl methyl sites for hydroxylation is 2. The molecule has 1 N–H and O–H groups in total. The molecule has 30 heavy (non-hydrogen) atoms. The Labute approximate surface area is 186 Å². The van der Waals surface area contributed by atoms with Crippen LogP contribution in [0.15, 0.2) is 36.4 Å². The first-order valence-electron chi connectivity index (χ1n) is 9.04. The Hall–Kier alpha value is -2.68. The zero-order valence-electron chi connectivity index (χ0n) is 16.3. The van der Waals surface area contributed by atoms with Gasteiger partial charge < -0.3 is 10.1 Å². The van der Waals surface area contributed by atoms with Gasteiger partial charge in [-0.1, -0.05) is 46.7 Å². The highest BCUT2D eigenvalue weighted by molar-refractivity contribution is 7.19. The summed E-state index contributed by atoms with van der Waals surface area (Å²) in [5, 5.41) is 17.2. The second-order valence-electron chi connectivity index (χ2n) is 6.70. The number of anilines is 1. The first-order chi connectivity index (χ1) is 14.3. The van der Waals surface area contributed by atoms with E-state index in [1.807, 2.05) is 32.0 Å². The van der Waals surface area contributed by atoms with Crippen molar-refractivity contribution in [3.63, 3.8) is 0 Å². The van der Waals surface area contributed by atoms with Crippen LogP contribution in [0.5, 0.6) is 5.75 Å². The summed E-state index contributed by atoms with van der Waals surface area (Å²) in [7, 11) is 0. The molecule has 0 saturated carbocycles. The van der Waals surface area contributed by atoms with Crippen LogP contribution < -0.4 is 10.1 Å². The van der Waals surface area contributed by atoms with Crippen molar-refractivity contribution in [2.75, 3.05) is 5.32 Å². The topological polar surface area (TPSA) is 81.4 Å². The van der Waals surface area contributed by atoms with Gasteiger partial charge >= 0.3 is 0 Å². The molecule has 4 rings (SSSR count). The third-order valence-electron chi connectivity index (χ3n) is 4.46. The lowest BCUT2D eigenvalue weighted by Crippen LogP contribution is -2.30. The van der Waals surface area contributed by atoms with Gasteiger partial charge in [0, 0.05) is 16.3 Å². The van der Waals surface area contributed by atoms with Gasteiger partial charge in [0.05, 0.1) is 5.02 Å². The predicted octanol–water partition coefficient (Wildman–Crippen LogP) is 5.18. The van der Waals surface area contributed by atoms with Crippen LogP contribution in [-0.2, 0) is 4.79 Å². The SMILES string of the molecule is Cc1ccc(-c2nn3c(C)nnc3s2)cc1NC(=O)[C@H](C)Oc1ccc(Cl)cc1Cl. The fraction of sp³-hybridized carbons (Fsp3) is 0.200. The Balaban J connectivity index is 1.53. The molecule has 0 aliphatic carbocycles. The molecule has 154 valence electrons. The zero-order chi connectivity index (χ0) is 21.4. The number of hydrogen-bond acceptors (Lipinski definition) is 6. The maximum Gasteiger partial charge on any atom is 0.265 e. The van der Waals surface area contributed by atoms with Gasteiger partial charge in [-0.15, -0.1) is 10.2 Å². The van der Waals surface area contributed by atoms with Crippen molar-refractivity contribution in [2.45, 2.75) is 26.9 Å². The largest absolute Gasteiger partial charge is 0.479 e. The van der Waals surface area contributed by atoms with Crippen molar-refractivity contribution >= 4 is 51.1 Å². The van der Waals surface area contributed by atoms with Gasteiger partial charge in [0.25, 0.3) is 5.91 Å². The first-order valence-corrected chi connectivity index (χ1v) is 10.6. The number of nitrogens with zero attached hydrogens (tertiary/aromatic N) is 4. The smallest absolute Gasteiger partial charge is 0.265 e. The molecule has 4 aromatic rings. The fourth-order valence-corrected chi connectivity index (χ4v) is 4.10. The standard InChI is InChI=1S/C20H17Cl2N5O2S/c1-10-4-5-13(19-26-27-12(3)24-25-20(27)30-19)8-16(10)23-18(28)11(2)29-17-7-6-14(21)9-15(17)22/h4-9,11H,1-3H3,(H,23,28)/t11-/m0/s1. The van der Waals surface area contributed by atoms with E-state index in [4.69, 9.17) is 27.9 Å². The number of fused-ring (bicyclic) bond motifs is 1. The Bertz CT molecular complexity index is 1250. The lowest BCUT2D eigenvalue weighted by Gasteiger charge is -2.17. The van der Waals surface area contributed by atoms with E-state index in [9.17, 15) is 4.79 Å². The normalized spacial score (nSPS) is 12.2. The van der Waals surface area contributed by atoms with Gasteiger partial charge in [-0.05, 0) is 50.6 Å². The summed E-state index contributed by atoms with van der Waals surface area (Å²) < 4.78 is 7.40. The lowest BCUT2D eigenvalue weighted by molar-refractivity contribution is -0.122. The second-order valence-corrected chi connectivity index (χ2v) is 8.50. The minimum Gasteiger partial charge on any atom is -0.479 e. The third-order valence-corrected chi connectivity index (χ3v) is 5.93. The number of carbonyl (C=O) groups excluding carboxylic acids is 1. The van der Waals surface area contributed by atoms with Gasteiger partial charge in [-0.3, -0.25) is 4.79 Å². The van der Waals surface area contributed by atoms with Crippen molar-refractivity contribution in [3.8, 4) is 16.3 Å². The quantitative estimate of drug-likeness (QED) is 0.442. The maximum atomic E-state index is 12.7. The van der Waals surface area contributed by atoms with Crippen molar-refractivity contribution in [2.24, 2.45) is 0 Å². The van der Waals surface area contributed by atoms with Crippen LogP contribution in [0, 0.1) is 13.8 Å². The molecule has 10 heteroatoms. The summed E-state index contributed by atoms with van der Waals surface area (Å²) in [4.78, 5) is 13.4. The molecule has 0 radical (unpaired) electrons. The van der Waals surface area contributed by atoms with E-state index in [-0.39, 0.29) is 5.91 Å². The summed E-state index contributed by atoms with van der Waals surface area (Å²) in [5.74, 6) is 0.819. The van der Waals surface area contributed by atoms with Crippen LogP contribution in [0.2, 0.25) is 10.0 Å². The number of nitrogens with one attached hydrogen (secondary N) is 1.